The van der Waals surface area contributed by atoms with Crippen LogP contribution in [0.2, 0.25) is 0 Å². The highest BCUT2D eigenvalue weighted by molar-refractivity contribution is 5.94. The maximum atomic E-state index is 12.8. The number of imidazole rings is 1. The van der Waals surface area contributed by atoms with Crippen molar-refractivity contribution in [2.75, 3.05) is 13.1 Å². The zero-order valence-corrected chi connectivity index (χ0v) is 15.3. The van der Waals surface area contributed by atoms with Crippen LogP contribution in [0, 0.1) is 0 Å². The minimum absolute atomic E-state index is 0.0233. The van der Waals surface area contributed by atoms with Crippen molar-refractivity contribution in [3.63, 3.8) is 0 Å². The predicted octanol–water partition coefficient (Wildman–Crippen LogP) is 2.64. The van der Waals surface area contributed by atoms with Crippen molar-refractivity contribution in [1.82, 2.24) is 29.4 Å². The van der Waals surface area contributed by atoms with Gasteiger partial charge >= 0.3 is 0 Å². The van der Waals surface area contributed by atoms with Gasteiger partial charge in [-0.05, 0) is 25.0 Å². The van der Waals surface area contributed by atoms with E-state index in [1.54, 1.807) is 37.1 Å². The molecule has 0 radical (unpaired) electrons. The first-order chi connectivity index (χ1) is 13.3. The third-order valence-corrected chi connectivity index (χ3v) is 4.97. The van der Waals surface area contributed by atoms with Gasteiger partial charge in [0.2, 0.25) is 0 Å². The Kier molecular flexibility index (Phi) is 4.91. The molecule has 0 aromatic carbocycles. The first-order valence-corrected chi connectivity index (χ1v) is 9.30. The van der Waals surface area contributed by atoms with Crippen molar-refractivity contribution in [2.24, 2.45) is 0 Å². The van der Waals surface area contributed by atoms with Crippen LogP contribution < -0.4 is 0 Å². The van der Waals surface area contributed by atoms with Crippen LogP contribution in [0.4, 0.5) is 0 Å². The molecule has 4 heterocycles. The summed E-state index contributed by atoms with van der Waals surface area (Å²) < 4.78 is 2.00. The number of likely N-dealkylation sites (tertiary alicyclic amines) is 1. The second-order valence-electron chi connectivity index (χ2n) is 6.66. The molecule has 1 aliphatic rings. The molecule has 0 aliphatic carbocycles. The van der Waals surface area contributed by atoms with Crippen LogP contribution in [-0.4, -0.2) is 48.4 Å². The zero-order chi connectivity index (χ0) is 18.6. The minimum Gasteiger partial charge on any atom is -0.338 e. The molecule has 3 aromatic heterocycles. The van der Waals surface area contributed by atoms with Crippen LogP contribution in [0.15, 0.2) is 49.3 Å². The molecule has 1 atom stereocenters. The second-order valence-corrected chi connectivity index (χ2v) is 6.66. The van der Waals surface area contributed by atoms with Crippen LogP contribution in [-0.2, 0) is 6.42 Å². The number of nitrogens with zero attached hydrogens (tertiary/aromatic N) is 6. The zero-order valence-electron chi connectivity index (χ0n) is 15.3. The monoisotopic (exact) mass is 362 g/mol. The highest BCUT2D eigenvalue weighted by Gasteiger charge is 2.29. The third-order valence-electron chi connectivity index (χ3n) is 4.97. The van der Waals surface area contributed by atoms with Crippen molar-refractivity contribution < 1.29 is 4.79 Å². The Morgan fingerprint density at radius 1 is 1.19 bits per heavy atom. The van der Waals surface area contributed by atoms with Crippen LogP contribution in [0.5, 0.6) is 0 Å². The van der Waals surface area contributed by atoms with Crippen molar-refractivity contribution in [3.05, 3.63) is 66.4 Å². The molecule has 0 unspecified atom stereocenters. The highest BCUT2D eigenvalue weighted by Crippen LogP contribution is 2.29. The number of amides is 1. The first-order valence-electron chi connectivity index (χ1n) is 9.30. The molecule has 1 amide bonds. The van der Waals surface area contributed by atoms with Gasteiger partial charge in [-0.2, -0.15) is 0 Å². The summed E-state index contributed by atoms with van der Waals surface area (Å²) in [6, 6.07) is 3.60. The molecule has 1 aliphatic heterocycles. The quantitative estimate of drug-likeness (QED) is 0.713. The van der Waals surface area contributed by atoms with Gasteiger partial charge in [0, 0.05) is 62.6 Å². The fraction of sp³-hybridized carbons (Fsp3) is 0.350. The number of pyridine rings is 1. The summed E-state index contributed by atoms with van der Waals surface area (Å²) >= 11 is 0. The summed E-state index contributed by atoms with van der Waals surface area (Å²) in [7, 11) is 0. The van der Waals surface area contributed by atoms with E-state index in [-0.39, 0.29) is 11.8 Å². The first kappa shape index (κ1) is 17.3. The predicted molar refractivity (Wildman–Crippen MR) is 101 cm³/mol. The molecule has 1 saturated heterocycles. The van der Waals surface area contributed by atoms with E-state index >= 15 is 0 Å². The van der Waals surface area contributed by atoms with E-state index in [1.165, 1.54) is 0 Å². The Hall–Kier alpha value is -3.09. The molecule has 0 N–H and O–H groups in total. The largest absolute Gasteiger partial charge is 0.338 e. The molecule has 7 nitrogen and oxygen atoms in total. The van der Waals surface area contributed by atoms with Gasteiger partial charge in [-0.3, -0.25) is 19.3 Å². The molecular weight excluding hydrogens is 340 g/mol. The average Bonchev–Trinajstić information content (AvgIpc) is 3.23. The Labute approximate surface area is 158 Å². The van der Waals surface area contributed by atoms with Crippen molar-refractivity contribution in [1.29, 1.82) is 0 Å². The number of carbonyl (C=O) groups excluding carboxylic acids is 1. The number of hydrogen-bond donors (Lipinski definition) is 0. The van der Waals surface area contributed by atoms with Crippen molar-refractivity contribution in [2.45, 2.75) is 32.1 Å². The van der Waals surface area contributed by atoms with Crippen LogP contribution in [0.3, 0.4) is 0 Å². The van der Waals surface area contributed by atoms with Crippen LogP contribution >= 0.6 is 0 Å². The Bertz CT molecular complexity index is 923. The van der Waals surface area contributed by atoms with Gasteiger partial charge in [0.05, 0.1) is 11.3 Å². The van der Waals surface area contributed by atoms with Gasteiger partial charge in [-0.1, -0.05) is 6.92 Å². The Morgan fingerprint density at radius 3 is 2.89 bits per heavy atom. The molecule has 0 bridgehead atoms. The lowest BCUT2D eigenvalue weighted by atomic mass is 9.93. The summed E-state index contributed by atoms with van der Waals surface area (Å²) in [6.45, 7) is 3.46. The van der Waals surface area contributed by atoms with Gasteiger partial charge in [0.1, 0.15) is 5.82 Å². The number of aryl methyl sites for hydroxylation is 1. The SMILES string of the molecule is CCc1nccn1-c1nccnc1[C@@H]1CCCN(C(=O)c2cccnc2)C1. The molecule has 0 spiro atoms. The lowest BCUT2D eigenvalue weighted by molar-refractivity contribution is 0.0705. The molecule has 0 saturated carbocycles. The standard InChI is InChI=1S/C20H22N6O/c1-2-17-22-10-12-26(17)19-18(23-8-9-24-19)16-6-4-11-25(14-16)20(27)15-5-3-7-21-13-15/h3,5,7-10,12-13,16H,2,4,6,11,14H2,1H3/t16-/m1/s1. The number of aromatic nitrogens is 5. The van der Waals surface area contributed by atoms with E-state index in [1.807, 2.05) is 21.7 Å². The summed E-state index contributed by atoms with van der Waals surface area (Å²) in [5.41, 5.74) is 1.55. The number of carbonyl (C=O) groups is 1. The van der Waals surface area contributed by atoms with Crippen molar-refractivity contribution in [3.8, 4) is 5.82 Å². The smallest absolute Gasteiger partial charge is 0.255 e. The maximum Gasteiger partial charge on any atom is 0.255 e. The van der Waals surface area contributed by atoms with E-state index in [9.17, 15) is 4.79 Å². The summed E-state index contributed by atoms with van der Waals surface area (Å²) in [4.78, 5) is 32.4. The lowest BCUT2D eigenvalue weighted by Crippen LogP contribution is -2.39. The molecular formula is C20H22N6O. The van der Waals surface area contributed by atoms with E-state index < -0.39 is 0 Å². The molecule has 1 fully saturated rings. The topological polar surface area (TPSA) is 76.8 Å². The van der Waals surface area contributed by atoms with E-state index in [2.05, 4.69) is 26.9 Å². The van der Waals surface area contributed by atoms with E-state index in [0.717, 1.165) is 43.1 Å². The maximum absolute atomic E-state index is 12.8. The molecule has 27 heavy (non-hydrogen) atoms. The molecule has 7 heteroatoms. The Morgan fingerprint density at radius 2 is 2.07 bits per heavy atom. The fourth-order valence-electron chi connectivity index (χ4n) is 3.66. The second kappa shape index (κ2) is 7.65. The summed E-state index contributed by atoms with van der Waals surface area (Å²) in [5, 5.41) is 0. The molecule has 3 aromatic rings. The average molecular weight is 362 g/mol. The normalized spacial score (nSPS) is 17.1. The summed E-state index contributed by atoms with van der Waals surface area (Å²) in [5.74, 6) is 1.94. The van der Waals surface area contributed by atoms with E-state index in [0.29, 0.717) is 12.1 Å². The van der Waals surface area contributed by atoms with Gasteiger partial charge in [-0.25, -0.2) is 9.97 Å². The lowest BCUT2D eigenvalue weighted by Gasteiger charge is -2.33. The minimum atomic E-state index is 0.0233. The highest BCUT2D eigenvalue weighted by atomic mass is 16.2. The molecule has 138 valence electrons. The molecule has 4 rings (SSSR count). The number of piperidine rings is 1. The van der Waals surface area contributed by atoms with Gasteiger partial charge in [-0.15, -0.1) is 0 Å². The Balaban J connectivity index is 1.62. The summed E-state index contributed by atoms with van der Waals surface area (Å²) in [6.07, 6.45) is 13.2. The fourth-order valence-corrected chi connectivity index (χ4v) is 3.66. The van der Waals surface area contributed by atoms with Crippen LogP contribution in [0.1, 0.15) is 47.6 Å². The van der Waals surface area contributed by atoms with E-state index in [4.69, 9.17) is 0 Å². The van der Waals surface area contributed by atoms with Gasteiger partial charge < -0.3 is 4.90 Å². The number of rotatable bonds is 4. The number of hydrogen-bond acceptors (Lipinski definition) is 5. The van der Waals surface area contributed by atoms with Crippen LogP contribution in [0.25, 0.3) is 5.82 Å². The van der Waals surface area contributed by atoms with Gasteiger partial charge in [0.25, 0.3) is 5.91 Å². The van der Waals surface area contributed by atoms with Crippen molar-refractivity contribution >= 4 is 5.91 Å². The third kappa shape index (κ3) is 3.45. The van der Waals surface area contributed by atoms with Gasteiger partial charge in [0.15, 0.2) is 5.82 Å².